The first-order valence-corrected chi connectivity index (χ1v) is 6.42. The van der Waals surface area contributed by atoms with E-state index in [9.17, 15) is 4.79 Å². The van der Waals surface area contributed by atoms with Crippen LogP contribution in [-0.4, -0.2) is 10.8 Å². The summed E-state index contributed by atoms with van der Waals surface area (Å²) in [5.74, 6) is 1.04. The average molecular weight is 253 g/mol. The Bertz CT molecular complexity index is 634. The summed E-state index contributed by atoms with van der Waals surface area (Å²) in [6.45, 7) is 2.49. The molecule has 1 aliphatic carbocycles. The van der Waals surface area contributed by atoms with E-state index in [0.717, 1.165) is 34.4 Å². The van der Waals surface area contributed by atoms with Crippen molar-refractivity contribution in [3.05, 3.63) is 58.9 Å². The molecule has 1 heterocycles. The van der Waals surface area contributed by atoms with Crippen LogP contribution in [-0.2, 0) is 13.0 Å². The Hall–Kier alpha value is -2.16. The molecule has 0 radical (unpaired) electrons. The summed E-state index contributed by atoms with van der Waals surface area (Å²) < 4.78 is 5.85. The van der Waals surface area contributed by atoms with Crippen molar-refractivity contribution >= 4 is 5.78 Å². The minimum absolute atomic E-state index is 0.220. The molecule has 3 rings (SSSR count). The van der Waals surface area contributed by atoms with Gasteiger partial charge in [0, 0.05) is 35.5 Å². The van der Waals surface area contributed by atoms with Crippen LogP contribution in [0.1, 0.15) is 33.5 Å². The van der Waals surface area contributed by atoms with Crippen LogP contribution < -0.4 is 4.74 Å². The van der Waals surface area contributed by atoms with Crippen LogP contribution >= 0.6 is 0 Å². The number of ether oxygens (including phenoxy) is 1. The number of aryl methyl sites for hydroxylation is 1. The molecular weight excluding hydrogens is 238 g/mol. The maximum atomic E-state index is 11.7. The molecule has 1 aromatic carbocycles. The van der Waals surface area contributed by atoms with E-state index >= 15 is 0 Å². The summed E-state index contributed by atoms with van der Waals surface area (Å²) in [5, 5.41) is 0. The molecule has 3 nitrogen and oxygen atoms in total. The fourth-order valence-electron chi connectivity index (χ4n) is 2.45. The van der Waals surface area contributed by atoms with Gasteiger partial charge in [0.1, 0.15) is 12.4 Å². The third-order valence-electron chi connectivity index (χ3n) is 3.36. The van der Waals surface area contributed by atoms with Gasteiger partial charge in [0.05, 0.1) is 0 Å². The minimum atomic E-state index is 0.220. The number of aromatic nitrogens is 1. The van der Waals surface area contributed by atoms with Crippen LogP contribution in [0.25, 0.3) is 0 Å². The highest BCUT2D eigenvalue weighted by molar-refractivity contribution is 6.01. The molecule has 0 unspecified atom stereocenters. The Morgan fingerprint density at radius 1 is 1.26 bits per heavy atom. The van der Waals surface area contributed by atoms with E-state index < -0.39 is 0 Å². The number of ketones is 1. The third-order valence-corrected chi connectivity index (χ3v) is 3.36. The molecule has 0 saturated carbocycles. The van der Waals surface area contributed by atoms with Crippen LogP contribution in [0, 0.1) is 6.92 Å². The van der Waals surface area contributed by atoms with Gasteiger partial charge < -0.3 is 4.74 Å². The van der Waals surface area contributed by atoms with E-state index in [4.69, 9.17) is 4.74 Å². The number of carbonyl (C=O) groups is 1. The SMILES string of the molecule is Cc1cncc(COc2cccc3c2CCC3=O)c1. The van der Waals surface area contributed by atoms with Crippen LogP contribution in [0.15, 0.2) is 36.7 Å². The van der Waals surface area contributed by atoms with Gasteiger partial charge in [-0.05, 0) is 31.0 Å². The van der Waals surface area contributed by atoms with E-state index in [1.54, 1.807) is 6.20 Å². The Balaban J connectivity index is 1.80. The molecular formula is C16H15NO2. The van der Waals surface area contributed by atoms with Gasteiger partial charge in [-0.25, -0.2) is 0 Å². The molecule has 0 spiro atoms. The Kier molecular flexibility index (Phi) is 3.03. The first-order chi connectivity index (χ1) is 9.24. The van der Waals surface area contributed by atoms with Gasteiger partial charge in [0.25, 0.3) is 0 Å². The number of fused-ring (bicyclic) bond motifs is 1. The van der Waals surface area contributed by atoms with Crippen molar-refractivity contribution in [1.82, 2.24) is 4.98 Å². The lowest BCUT2D eigenvalue weighted by Gasteiger charge is -2.10. The van der Waals surface area contributed by atoms with Gasteiger partial charge in [-0.3, -0.25) is 9.78 Å². The summed E-state index contributed by atoms with van der Waals surface area (Å²) >= 11 is 0. The highest BCUT2D eigenvalue weighted by atomic mass is 16.5. The molecule has 19 heavy (non-hydrogen) atoms. The number of hydrogen-bond acceptors (Lipinski definition) is 3. The summed E-state index contributed by atoms with van der Waals surface area (Å²) in [6.07, 6.45) is 5.02. The van der Waals surface area contributed by atoms with Crippen LogP contribution in [0.3, 0.4) is 0 Å². The van der Waals surface area contributed by atoms with Crippen LogP contribution in [0.4, 0.5) is 0 Å². The Morgan fingerprint density at radius 3 is 3.00 bits per heavy atom. The second kappa shape index (κ2) is 4.84. The van der Waals surface area contributed by atoms with Crippen molar-refractivity contribution in [1.29, 1.82) is 0 Å². The summed E-state index contributed by atoms with van der Waals surface area (Å²) in [4.78, 5) is 15.8. The summed E-state index contributed by atoms with van der Waals surface area (Å²) in [6, 6.07) is 7.75. The molecule has 0 amide bonds. The zero-order chi connectivity index (χ0) is 13.2. The lowest BCUT2D eigenvalue weighted by Crippen LogP contribution is -2.00. The number of nitrogens with zero attached hydrogens (tertiary/aromatic N) is 1. The predicted octanol–water partition coefficient (Wildman–Crippen LogP) is 3.10. The Labute approximate surface area is 112 Å². The second-order valence-electron chi connectivity index (χ2n) is 4.86. The number of benzene rings is 1. The lowest BCUT2D eigenvalue weighted by molar-refractivity contribution is 0.0994. The van der Waals surface area contributed by atoms with Gasteiger partial charge in [-0.15, -0.1) is 0 Å². The smallest absolute Gasteiger partial charge is 0.163 e. The Morgan fingerprint density at radius 2 is 2.16 bits per heavy atom. The summed E-state index contributed by atoms with van der Waals surface area (Å²) in [5.41, 5.74) is 4.03. The topological polar surface area (TPSA) is 39.2 Å². The standard InChI is InChI=1S/C16H15NO2/c1-11-7-12(9-17-8-11)10-19-16-4-2-3-13-14(16)5-6-15(13)18/h2-4,7-9H,5-6,10H2,1H3. The molecule has 0 bridgehead atoms. The van der Waals surface area contributed by atoms with Crippen molar-refractivity contribution in [2.45, 2.75) is 26.4 Å². The quantitative estimate of drug-likeness (QED) is 0.843. The number of carbonyl (C=O) groups excluding carboxylic acids is 1. The fraction of sp³-hybridized carbons (Fsp3) is 0.250. The van der Waals surface area contributed by atoms with Gasteiger partial charge >= 0.3 is 0 Å². The summed E-state index contributed by atoms with van der Waals surface area (Å²) in [7, 11) is 0. The van der Waals surface area contributed by atoms with Gasteiger partial charge in [-0.2, -0.15) is 0 Å². The molecule has 0 atom stereocenters. The largest absolute Gasteiger partial charge is 0.489 e. The fourth-order valence-corrected chi connectivity index (χ4v) is 2.45. The zero-order valence-corrected chi connectivity index (χ0v) is 10.8. The lowest BCUT2D eigenvalue weighted by atomic mass is 10.1. The van der Waals surface area contributed by atoms with E-state index in [1.165, 1.54) is 0 Å². The van der Waals surface area contributed by atoms with E-state index in [1.807, 2.05) is 31.3 Å². The maximum absolute atomic E-state index is 11.7. The van der Waals surface area contributed by atoms with Crippen LogP contribution in [0.5, 0.6) is 5.75 Å². The molecule has 3 heteroatoms. The normalized spacial score (nSPS) is 13.4. The van der Waals surface area contributed by atoms with Crippen molar-refractivity contribution in [3.8, 4) is 5.75 Å². The molecule has 96 valence electrons. The molecule has 0 aliphatic heterocycles. The van der Waals surface area contributed by atoms with Gasteiger partial charge in [-0.1, -0.05) is 12.1 Å². The highest BCUT2D eigenvalue weighted by Crippen LogP contribution is 2.30. The average Bonchev–Trinajstić information content (AvgIpc) is 2.79. The van der Waals surface area contributed by atoms with Crippen molar-refractivity contribution < 1.29 is 9.53 Å². The zero-order valence-electron chi connectivity index (χ0n) is 10.8. The molecule has 1 aromatic heterocycles. The van der Waals surface area contributed by atoms with Gasteiger partial charge in [0.2, 0.25) is 0 Å². The van der Waals surface area contributed by atoms with Crippen LogP contribution in [0.2, 0.25) is 0 Å². The van der Waals surface area contributed by atoms with E-state index in [0.29, 0.717) is 13.0 Å². The predicted molar refractivity (Wildman–Crippen MR) is 72.4 cm³/mol. The number of rotatable bonds is 3. The van der Waals surface area contributed by atoms with Crippen molar-refractivity contribution in [3.63, 3.8) is 0 Å². The first-order valence-electron chi connectivity index (χ1n) is 6.42. The van der Waals surface area contributed by atoms with E-state index in [2.05, 4.69) is 11.1 Å². The second-order valence-corrected chi connectivity index (χ2v) is 4.86. The molecule has 1 aliphatic rings. The molecule has 0 fully saturated rings. The first kappa shape index (κ1) is 11.9. The molecule has 0 N–H and O–H groups in total. The molecule has 0 saturated heterocycles. The molecule has 2 aromatic rings. The minimum Gasteiger partial charge on any atom is -0.489 e. The third kappa shape index (κ3) is 2.36. The van der Waals surface area contributed by atoms with E-state index in [-0.39, 0.29) is 5.78 Å². The highest BCUT2D eigenvalue weighted by Gasteiger charge is 2.22. The van der Waals surface area contributed by atoms with Crippen molar-refractivity contribution in [2.75, 3.05) is 0 Å². The number of Topliss-reactive ketones (excluding diaryl/α,β-unsaturated/α-hetero) is 1. The van der Waals surface area contributed by atoms with Gasteiger partial charge in [0.15, 0.2) is 5.78 Å². The number of hydrogen-bond donors (Lipinski definition) is 0. The number of pyridine rings is 1. The monoisotopic (exact) mass is 253 g/mol. The van der Waals surface area contributed by atoms with Crippen molar-refractivity contribution in [2.24, 2.45) is 0 Å². The maximum Gasteiger partial charge on any atom is 0.163 e.